The Hall–Kier alpha value is -1.75. The summed E-state index contributed by atoms with van der Waals surface area (Å²) in [5, 5.41) is 0. The van der Waals surface area contributed by atoms with Crippen molar-refractivity contribution in [2.45, 2.75) is 45.1 Å². The average Bonchev–Trinajstić information content (AvgIpc) is 2.62. The van der Waals surface area contributed by atoms with Crippen molar-refractivity contribution >= 4 is 5.97 Å². The summed E-state index contributed by atoms with van der Waals surface area (Å²) in [4.78, 5) is 12.1. The summed E-state index contributed by atoms with van der Waals surface area (Å²) in [5.74, 6) is 1.20. The van der Waals surface area contributed by atoms with Crippen LogP contribution in [0.2, 0.25) is 0 Å². The van der Waals surface area contributed by atoms with Gasteiger partial charge in [-0.05, 0) is 43.9 Å². The first-order valence-electron chi connectivity index (χ1n) is 8.68. The number of carbonyl (C=O) groups is 1. The molecule has 0 radical (unpaired) electrons. The van der Waals surface area contributed by atoms with E-state index in [1.165, 1.54) is 0 Å². The first kappa shape index (κ1) is 18.6. The van der Waals surface area contributed by atoms with Gasteiger partial charge in [0.25, 0.3) is 0 Å². The van der Waals surface area contributed by atoms with Crippen LogP contribution in [0.15, 0.2) is 18.2 Å². The van der Waals surface area contributed by atoms with Gasteiger partial charge in [0, 0.05) is 0 Å². The third kappa shape index (κ3) is 4.87. The molecule has 0 N–H and O–H groups in total. The SMILES string of the molecule is CCOC(=O)C1CCCC[C@H]1OCCc1ccc(OC)c(OC)c1. The molecule has 0 aromatic heterocycles. The number of methoxy groups -OCH3 is 2. The van der Waals surface area contributed by atoms with Crippen LogP contribution in [0.4, 0.5) is 0 Å². The fourth-order valence-corrected chi connectivity index (χ4v) is 3.18. The van der Waals surface area contributed by atoms with E-state index >= 15 is 0 Å². The summed E-state index contributed by atoms with van der Waals surface area (Å²) in [6.45, 7) is 2.84. The molecule has 24 heavy (non-hydrogen) atoms. The van der Waals surface area contributed by atoms with Gasteiger partial charge < -0.3 is 18.9 Å². The van der Waals surface area contributed by atoms with Crippen molar-refractivity contribution in [2.24, 2.45) is 5.92 Å². The maximum atomic E-state index is 12.1. The summed E-state index contributed by atoms with van der Waals surface area (Å²) < 4.78 is 21.8. The van der Waals surface area contributed by atoms with Crippen LogP contribution in [-0.2, 0) is 20.7 Å². The molecule has 134 valence electrons. The Labute approximate surface area is 144 Å². The number of hydrogen-bond donors (Lipinski definition) is 0. The van der Waals surface area contributed by atoms with Gasteiger partial charge in [-0.3, -0.25) is 4.79 Å². The van der Waals surface area contributed by atoms with E-state index in [1.54, 1.807) is 14.2 Å². The Morgan fingerprint density at radius 1 is 1.12 bits per heavy atom. The topological polar surface area (TPSA) is 54.0 Å². The third-order valence-electron chi connectivity index (χ3n) is 4.46. The molecule has 0 heterocycles. The first-order chi connectivity index (χ1) is 11.7. The largest absolute Gasteiger partial charge is 0.493 e. The molecule has 1 unspecified atom stereocenters. The van der Waals surface area contributed by atoms with Crippen molar-refractivity contribution in [1.29, 1.82) is 0 Å². The second-order valence-electron chi connectivity index (χ2n) is 5.99. The Morgan fingerprint density at radius 3 is 2.58 bits per heavy atom. The van der Waals surface area contributed by atoms with Crippen molar-refractivity contribution in [3.63, 3.8) is 0 Å². The highest BCUT2D eigenvalue weighted by atomic mass is 16.5. The highest BCUT2D eigenvalue weighted by Gasteiger charge is 2.32. The van der Waals surface area contributed by atoms with Gasteiger partial charge in [-0.15, -0.1) is 0 Å². The minimum Gasteiger partial charge on any atom is -0.493 e. The van der Waals surface area contributed by atoms with E-state index in [1.807, 2.05) is 25.1 Å². The normalized spacial score (nSPS) is 20.5. The van der Waals surface area contributed by atoms with Crippen LogP contribution >= 0.6 is 0 Å². The molecule has 2 rings (SSSR count). The molecular weight excluding hydrogens is 308 g/mol. The predicted octanol–water partition coefficient (Wildman–Crippen LogP) is 3.38. The predicted molar refractivity (Wildman–Crippen MR) is 91.6 cm³/mol. The number of hydrogen-bond acceptors (Lipinski definition) is 5. The first-order valence-corrected chi connectivity index (χ1v) is 8.68. The smallest absolute Gasteiger partial charge is 0.311 e. The second kappa shape index (κ2) is 9.52. The van der Waals surface area contributed by atoms with E-state index in [-0.39, 0.29) is 18.0 Å². The van der Waals surface area contributed by atoms with E-state index in [9.17, 15) is 4.79 Å². The lowest BCUT2D eigenvalue weighted by Gasteiger charge is -2.29. The fraction of sp³-hybridized carbons (Fsp3) is 0.632. The second-order valence-corrected chi connectivity index (χ2v) is 5.99. The number of benzene rings is 1. The molecule has 1 aliphatic rings. The van der Waals surface area contributed by atoms with E-state index in [0.29, 0.717) is 13.2 Å². The van der Waals surface area contributed by atoms with Gasteiger partial charge in [-0.25, -0.2) is 0 Å². The van der Waals surface area contributed by atoms with Crippen LogP contribution in [0.1, 0.15) is 38.2 Å². The molecule has 1 aromatic carbocycles. The molecule has 0 amide bonds. The molecule has 1 aromatic rings. The van der Waals surface area contributed by atoms with Gasteiger partial charge in [0.1, 0.15) is 0 Å². The zero-order valence-electron chi connectivity index (χ0n) is 14.9. The quantitative estimate of drug-likeness (QED) is 0.681. The Bertz CT molecular complexity index is 528. The van der Waals surface area contributed by atoms with Gasteiger partial charge >= 0.3 is 5.97 Å². The van der Waals surface area contributed by atoms with Crippen molar-refractivity contribution < 1.29 is 23.7 Å². The van der Waals surface area contributed by atoms with E-state index in [2.05, 4.69) is 0 Å². The van der Waals surface area contributed by atoms with Crippen LogP contribution in [0, 0.1) is 5.92 Å². The highest BCUT2D eigenvalue weighted by molar-refractivity contribution is 5.73. The maximum Gasteiger partial charge on any atom is 0.311 e. The maximum absolute atomic E-state index is 12.1. The molecule has 5 heteroatoms. The standard InChI is InChI=1S/C19H28O5/c1-4-23-19(20)15-7-5-6-8-16(15)24-12-11-14-9-10-17(21-2)18(13-14)22-3/h9-10,13,15-16H,4-8,11-12H2,1-3H3/t15?,16-/m1/s1. The van der Waals surface area contributed by atoms with Gasteiger partial charge in [-0.1, -0.05) is 18.9 Å². The monoisotopic (exact) mass is 336 g/mol. The van der Waals surface area contributed by atoms with Crippen LogP contribution in [0.5, 0.6) is 11.5 Å². The zero-order valence-corrected chi connectivity index (χ0v) is 14.9. The van der Waals surface area contributed by atoms with Gasteiger partial charge in [0.05, 0.1) is 39.5 Å². The summed E-state index contributed by atoms with van der Waals surface area (Å²) >= 11 is 0. The summed E-state index contributed by atoms with van der Waals surface area (Å²) in [5.41, 5.74) is 1.12. The Balaban J connectivity index is 1.89. The molecular formula is C19H28O5. The molecule has 0 saturated heterocycles. The lowest BCUT2D eigenvalue weighted by Crippen LogP contribution is -2.35. The number of carbonyl (C=O) groups excluding carboxylic acids is 1. The summed E-state index contributed by atoms with van der Waals surface area (Å²) in [6, 6.07) is 5.87. The summed E-state index contributed by atoms with van der Waals surface area (Å²) in [7, 11) is 3.25. The van der Waals surface area contributed by atoms with Gasteiger partial charge in [-0.2, -0.15) is 0 Å². The van der Waals surface area contributed by atoms with Crippen LogP contribution in [0.3, 0.4) is 0 Å². The summed E-state index contributed by atoms with van der Waals surface area (Å²) in [6.07, 6.45) is 4.70. The third-order valence-corrected chi connectivity index (χ3v) is 4.46. The lowest BCUT2D eigenvalue weighted by atomic mass is 9.86. The van der Waals surface area contributed by atoms with E-state index < -0.39 is 0 Å². The average molecular weight is 336 g/mol. The van der Waals surface area contributed by atoms with E-state index in [0.717, 1.165) is 49.2 Å². The molecule has 0 spiro atoms. The molecule has 1 fully saturated rings. The highest BCUT2D eigenvalue weighted by Crippen LogP contribution is 2.29. The lowest BCUT2D eigenvalue weighted by molar-refractivity contribution is -0.156. The molecule has 1 saturated carbocycles. The molecule has 2 atom stereocenters. The van der Waals surface area contributed by atoms with Crippen LogP contribution in [-0.4, -0.2) is 39.5 Å². The molecule has 1 aliphatic carbocycles. The van der Waals surface area contributed by atoms with Crippen LogP contribution < -0.4 is 9.47 Å². The number of esters is 1. The molecule has 0 bridgehead atoms. The van der Waals surface area contributed by atoms with Crippen molar-refractivity contribution in [2.75, 3.05) is 27.4 Å². The minimum absolute atomic E-state index is 0.0297. The van der Waals surface area contributed by atoms with E-state index in [4.69, 9.17) is 18.9 Å². The Kier molecular flexibility index (Phi) is 7.37. The van der Waals surface area contributed by atoms with Crippen molar-refractivity contribution in [3.05, 3.63) is 23.8 Å². The fourth-order valence-electron chi connectivity index (χ4n) is 3.18. The molecule has 5 nitrogen and oxygen atoms in total. The van der Waals surface area contributed by atoms with Gasteiger partial charge in [0.15, 0.2) is 11.5 Å². The Morgan fingerprint density at radius 2 is 1.88 bits per heavy atom. The number of ether oxygens (including phenoxy) is 4. The molecule has 0 aliphatic heterocycles. The number of rotatable bonds is 8. The van der Waals surface area contributed by atoms with Crippen molar-refractivity contribution in [3.8, 4) is 11.5 Å². The van der Waals surface area contributed by atoms with Crippen LogP contribution in [0.25, 0.3) is 0 Å². The zero-order chi connectivity index (χ0) is 17.4. The van der Waals surface area contributed by atoms with Gasteiger partial charge in [0.2, 0.25) is 0 Å². The minimum atomic E-state index is -0.121. The van der Waals surface area contributed by atoms with Crippen molar-refractivity contribution in [1.82, 2.24) is 0 Å².